The fourth-order valence-electron chi connectivity index (χ4n) is 1.69. The van der Waals surface area contributed by atoms with Crippen LogP contribution in [-0.2, 0) is 11.2 Å². The van der Waals surface area contributed by atoms with Crippen molar-refractivity contribution in [2.45, 2.75) is 19.8 Å². The zero-order valence-corrected chi connectivity index (χ0v) is 13.9. The Balaban J connectivity index is 2.01. The average Bonchev–Trinajstić information content (AvgIpc) is 3.05. The molecule has 0 saturated heterocycles. The second kappa shape index (κ2) is 7.66. The Bertz CT molecular complexity index is 761. The third-order valence-electron chi connectivity index (χ3n) is 2.69. The lowest BCUT2D eigenvalue weighted by molar-refractivity contribution is -0.117. The van der Waals surface area contributed by atoms with Gasteiger partial charge in [-0.2, -0.15) is 5.26 Å². The molecule has 0 saturated carbocycles. The summed E-state index contributed by atoms with van der Waals surface area (Å²) in [5.41, 5.74) is 6.49. The molecule has 0 aliphatic carbocycles. The van der Waals surface area contributed by atoms with Gasteiger partial charge in [-0.25, -0.2) is 14.8 Å². The summed E-state index contributed by atoms with van der Waals surface area (Å²) in [5, 5.41) is 16.9. The van der Waals surface area contributed by atoms with Crippen LogP contribution in [-0.4, -0.2) is 28.5 Å². The molecule has 4 N–H and O–H groups in total. The van der Waals surface area contributed by atoms with E-state index in [0.717, 1.165) is 21.3 Å². The molecule has 0 aliphatic heterocycles. The van der Waals surface area contributed by atoms with E-state index in [1.54, 1.807) is 0 Å². The van der Waals surface area contributed by atoms with Crippen LogP contribution in [0.15, 0.2) is 5.38 Å². The summed E-state index contributed by atoms with van der Waals surface area (Å²) in [6, 6.07) is 1.61. The highest BCUT2D eigenvalue weighted by Crippen LogP contribution is 2.33. The molecule has 0 aliphatic rings. The number of thiazole rings is 2. The van der Waals surface area contributed by atoms with E-state index in [1.807, 2.05) is 12.3 Å². The van der Waals surface area contributed by atoms with Crippen LogP contribution >= 0.6 is 22.7 Å². The topological polar surface area (TPSA) is 134 Å². The van der Waals surface area contributed by atoms with Crippen molar-refractivity contribution in [3.63, 3.8) is 0 Å². The van der Waals surface area contributed by atoms with Crippen molar-refractivity contribution >= 4 is 39.7 Å². The number of anilines is 1. The molecule has 2 aromatic rings. The van der Waals surface area contributed by atoms with Gasteiger partial charge >= 0.3 is 6.03 Å². The maximum atomic E-state index is 11.7. The van der Waals surface area contributed by atoms with Gasteiger partial charge in [0.25, 0.3) is 0 Å². The van der Waals surface area contributed by atoms with Crippen LogP contribution in [0, 0.1) is 18.3 Å². The fourth-order valence-corrected chi connectivity index (χ4v) is 3.41. The molecule has 0 spiro atoms. The van der Waals surface area contributed by atoms with Gasteiger partial charge in [0, 0.05) is 18.3 Å². The van der Waals surface area contributed by atoms with Gasteiger partial charge in [-0.05, 0) is 6.92 Å². The molecule has 120 valence electrons. The Labute approximate surface area is 140 Å². The summed E-state index contributed by atoms with van der Waals surface area (Å²) in [6.45, 7) is 1.99. The molecule has 3 amide bonds. The number of carbonyl (C=O) groups excluding carboxylic acids is 2. The number of carbonyl (C=O) groups is 2. The first kappa shape index (κ1) is 16.9. The van der Waals surface area contributed by atoms with Gasteiger partial charge in [0.1, 0.15) is 5.01 Å². The zero-order valence-electron chi connectivity index (χ0n) is 12.3. The monoisotopic (exact) mass is 350 g/mol. The summed E-state index contributed by atoms with van der Waals surface area (Å²) in [6.07, 6.45) is 0.353. The third-order valence-corrected chi connectivity index (χ3v) is 4.63. The zero-order chi connectivity index (χ0) is 16.8. The Morgan fingerprint density at radius 3 is 2.91 bits per heavy atom. The number of nitrogens with two attached hydrogens (primary N) is 1. The maximum absolute atomic E-state index is 11.7. The second-order valence-electron chi connectivity index (χ2n) is 4.49. The van der Waals surface area contributed by atoms with E-state index >= 15 is 0 Å². The van der Waals surface area contributed by atoms with Crippen LogP contribution in [0.2, 0.25) is 0 Å². The van der Waals surface area contributed by atoms with Crippen molar-refractivity contribution in [1.82, 2.24) is 15.3 Å². The standard InChI is InChI=1S/C13H14N6O2S2/c1-7-11(8-6-22-10(18-8)2-4-14)23-13(17-7)19-12(21)16-5-3-9(15)20/h6H,2-3,5H2,1H3,(H2,15,20)(H2,16,17,19,21). The highest BCUT2D eigenvalue weighted by Gasteiger charge is 2.14. The van der Waals surface area contributed by atoms with Gasteiger partial charge in [0.2, 0.25) is 5.91 Å². The lowest BCUT2D eigenvalue weighted by atomic mass is 10.3. The van der Waals surface area contributed by atoms with Crippen LogP contribution in [0.5, 0.6) is 0 Å². The van der Waals surface area contributed by atoms with Crippen LogP contribution in [0.25, 0.3) is 10.6 Å². The quantitative estimate of drug-likeness (QED) is 0.728. The molecular formula is C13H14N6O2S2. The van der Waals surface area contributed by atoms with Crippen molar-refractivity contribution in [2.75, 3.05) is 11.9 Å². The molecule has 23 heavy (non-hydrogen) atoms. The first-order valence-electron chi connectivity index (χ1n) is 6.62. The van der Waals surface area contributed by atoms with Crippen LogP contribution in [0.4, 0.5) is 9.93 Å². The molecule has 0 radical (unpaired) electrons. The van der Waals surface area contributed by atoms with E-state index in [9.17, 15) is 9.59 Å². The minimum absolute atomic E-state index is 0.0794. The van der Waals surface area contributed by atoms with Crippen molar-refractivity contribution in [1.29, 1.82) is 5.26 Å². The second-order valence-corrected chi connectivity index (χ2v) is 6.43. The van der Waals surface area contributed by atoms with Gasteiger partial charge in [-0.1, -0.05) is 11.3 Å². The molecule has 0 atom stereocenters. The van der Waals surface area contributed by atoms with Crippen LogP contribution < -0.4 is 16.4 Å². The number of nitriles is 1. The summed E-state index contributed by atoms with van der Waals surface area (Å²) in [7, 11) is 0. The maximum Gasteiger partial charge on any atom is 0.321 e. The third kappa shape index (κ3) is 4.73. The first-order chi connectivity index (χ1) is 11.0. The Morgan fingerprint density at radius 2 is 2.22 bits per heavy atom. The number of aromatic nitrogens is 2. The number of hydrogen-bond donors (Lipinski definition) is 3. The summed E-state index contributed by atoms with van der Waals surface area (Å²) < 4.78 is 0. The number of nitrogens with one attached hydrogen (secondary N) is 2. The summed E-state index contributed by atoms with van der Waals surface area (Å²) in [4.78, 5) is 31.8. The largest absolute Gasteiger partial charge is 0.370 e. The number of aryl methyl sites for hydroxylation is 1. The van der Waals surface area contributed by atoms with E-state index in [-0.39, 0.29) is 19.4 Å². The number of hydrogen-bond acceptors (Lipinski definition) is 7. The predicted molar refractivity (Wildman–Crippen MR) is 88.1 cm³/mol. The average molecular weight is 350 g/mol. The number of rotatable bonds is 6. The van der Waals surface area contributed by atoms with Crippen LogP contribution in [0.1, 0.15) is 17.1 Å². The van der Waals surface area contributed by atoms with E-state index < -0.39 is 11.9 Å². The summed E-state index contributed by atoms with van der Waals surface area (Å²) >= 11 is 2.72. The molecule has 10 heteroatoms. The van der Waals surface area contributed by atoms with Crippen molar-refractivity contribution in [3.05, 3.63) is 16.1 Å². The van der Waals surface area contributed by atoms with Crippen LogP contribution in [0.3, 0.4) is 0 Å². The number of nitrogens with zero attached hydrogens (tertiary/aromatic N) is 3. The Kier molecular flexibility index (Phi) is 5.61. The highest BCUT2D eigenvalue weighted by atomic mass is 32.1. The van der Waals surface area contributed by atoms with Crippen molar-refractivity contribution in [2.24, 2.45) is 5.73 Å². The predicted octanol–water partition coefficient (Wildman–Crippen LogP) is 1.64. The number of urea groups is 1. The van der Waals surface area contributed by atoms with Gasteiger partial charge < -0.3 is 11.1 Å². The number of amides is 3. The minimum Gasteiger partial charge on any atom is -0.370 e. The Morgan fingerprint density at radius 1 is 1.43 bits per heavy atom. The highest BCUT2D eigenvalue weighted by molar-refractivity contribution is 7.19. The lowest BCUT2D eigenvalue weighted by Crippen LogP contribution is -2.31. The van der Waals surface area contributed by atoms with Gasteiger partial charge in [0.15, 0.2) is 5.13 Å². The van der Waals surface area contributed by atoms with E-state index in [2.05, 4.69) is 26.7 Å². The van der Waals surface area contributed by atoms with E-state index in [4.69, 9.17) is 11.0 Å². The molecule has 0 fully saturated rings. The molecule has 0 bridgehead atoms. The lowest BCUT2D eigenvalue weighted by Gasteiger charge is -2.03. The minimum atomic E-state index is -0.477. The number of primary amides is 1. The molecule has 8 nitrogen and oxygen atoms in total. The molecule has 2 aromatic heterocycles. The smallest absolute Gasteiger partial charge is 0.321 e. The molecule has 0 aromatic carbocycles. The van der Waals surface area contributed by atoms with Crippen molar-refractivity contribution < 1.29 is 9.59 Å². The van der Waals surface area contributed by atoms with E-state index in [1.165, 1.54) is 22.7 Å². The first-order valence-corrected chi connectivity index (χ1v) is 8.31. The van der Waals surface area contributed by atoms with Crippen molar-refractivity contribution in [3.8, 4) is 16.6 Å². The van der Waals surface area contributed by atoms with Gasteiger partial charge in [-0.3, -0.25) is 10.1 Å². The molecule has 0 unspecified atom stereocenters. The fraction of sp³-hybridized carbons (Fsp3) is 0.308. The molecular weight excluding hydrogens is 336 g/mol. The SMILES string of the molecule is Cc1nc(NC(=O)NCCC(N)=O)sc1-c1csc(CC#N)n1. The van der Waals surface area contributed by atoms with E-state index in [0.29, 0.717) is 5.13 Å². The van der Waals surface area contributed by atoms with Gasteiger partial charge in [-0.15, -0.1) is 11.3 Å². The molecule has 2 heterocycles. The summed E-state index contributed by atoms with van der Waals surface area (Å²) in [5.74, 6) is -0.477. The van der Waals surface area contributed by atoms with Gasteiger partial charge in [0.05, 0.1) is 28.8 Å². The molecule has 2 rings (SSSR count). The Hall–Kier alpha value is -2.51. The normalized spacial score (nSPS) is 10.1.